The van der Waals surface area contributed by atoms with Crippen molar-refractivity contribution in [2.24, 2.45) is 10.2 Å². The first-order valence-corrected chi connectivity index (χ1v) is 11.9. The number of fused-ring (bicyclic) bond motifs is 1. The average molecular weight is 500 g/mol. The second-order valence-corrected chi connectivity index (χ2v) is 9.24. The number of aromatic hydroxyl groups is 1. The van der Waals surface area contributed by atoms with Gasteiger partial charge in [-0.1, -0.05) is 60.1 Å². The molecule has 0 bridgehead atoms. The summed E-state index contributed by atoms with van der Waals surface area (Å²) in [5, 5.41) is 20.9. The summed E-state index contributed by atoms with van der Waals surface area (Å²) in [7, 11) is 0. The molecule has 0 atom stereocenters. The molecule has 1 heterocycles. The molecule has 172 valence electrons. The molecular formula is C27H18ClN3O3S. The lowest BCUT2D eigenvalue weighted by Crippen LogP contribution is -2.27. The molecule has 4 aromatic rings. The highest BCUT2D eigenvalue weighted by atomic mass is 35.5. The third-order valence-corrected chi connectivity index (χ3v) is 6.68. The number of carbonyl (C=O) groups excluding carboxylic acids is 2. The summed E-state index contributed by atoms with van der Waals surface area (Å²) in [6.45, 7) is 0.172. The van der Waals surface area contributed by atoms with E-state index in [0.717, 1.165) is 28.1 Å². The van der Waals surface area contributed by atoms with Crippen LogP contribution in [0.4, 0.5) is 16.2 Å². The number of carbonyl (C=O) groups is 2. The molecule has 0 saturated carbocycles. The molecule has 4 aromatic carbocycles. The van der Waals surface area contributed by atoms with E-state index in [9.17, 15) is 14.7 Å². The van der Waals surface area contributed by atoms with Gasteiger partial charge >= 0.3 is 0 Å². The summed E-state index contributed by atoms with van der Waals surface area (Å²) in [5.41, 5.74) is 2.19. The number of nitrogens with zero attached hydrogens (tertiary/aromatic N) is 3. The van der Waals surface area contributed by atoms with E-state index in [0.29, 0.717) is 22.0 Å². The van der Waals surface area contributed by atoms with Gasteiger partial charge < -0.3 is 5.11 Å². The Balaban J connectivity index is 1.37. The minimum absolute atomic E-state index is 0.0389. The Morgan fingerprint density at radius 3 is 2.49 bits per heavy atom. The van der Waals surface area contributed by atoms with Crippen LogP contribution in [0.2, 0.25) is 5.02 Å². The quantitative estimate of drug-likeness (QED) is 0.224. The van der Waals surface area contributed by atoms with Crippen LogP contribution < -0.4 is 0 Å². The molecule has 0 radical (unpaired) electrons. The van der Waals surface area contributed by atoms with Crippen LogP contribution in [0.3, 0.4) is 0 Å². The average Bonchev–Trinajstić information content (AvgIpc) is 3.12. The van der Waals surface area contributed by atoms with Crippen LogP contribution in [0.15, 0.2) is 100 Å². The fourth-order valence-electron chi connectivity index (χ4n) is 3.66. The fourth-order valence-corrected chi connectivity index (χ4v) is 4.66. The molecule has 1 aliphatic rings. The minimum atomic E-state index is -0.407. The van der Waals surface area contributed by atoms with Gasteiger partial charge in [0.05, 0.1) is 22.2 Å². The number of hydrogen-bond acceptors (Lipinski definition) is 6. The Bertz CT molecular complexity index is 1530. The maximum absolute atomic E-state index is 13.0. The molecule has 0 spiro atoms. The summed E-state index contributed by atoms with van der Waals surface area (Å²) >= 11 is 6.95. The van der Waals surface area contributed by atoms with Gasteiger partial charge in [0.25, 0.3) is 11.1 Å². The lowest BCUT2D eigenvalue weighted by Gasteiger charge is -2.13. The van der Waals surface area contributed by atoms with Gasteiger partial charge in [0.2, 0.25) is 0 Å². The minimum Gasteiger partial charge on any atom is -0.507 e. The van der Waals surface area contributed by atoms with Gasteiger partial charge in [0.15, 0.2) is 0 Å². The van der Waals surface area contributed by atoms with Crippen molar-refractivity contribution in [3.05, 3.63) is 106 Å². The van der Waals surface area contributed by atoms with Crippen molar-refractivity contribution in [2.45, 2.75) is 6.54 Å². The Morgan fingerprint density at radius 2 is 1.66 bits per heavy atom. The van der Waals surface area contributed by atoms with Crippen molar-refractivity contribution in [1.82, 2.24) is 4.90 Å². The van der Waals surface area contributed by atoms with E-state index in [2.05, 4.69) is 10.2 Å². The standard InChI is InChI=1S/C27H18ClN3O3S/c28-22-7-3-4-8-23(22)30-29-21-11-12-24(32)20(14-21)15-25-26(33)31(27(34)35-25)16-17-9-10-18-5-1-2-6-19(18)13-17/h1-15,32H,16H2/b25-15-,30-29?. The lowest BCUT2D eigenvalue weighted by atomic mass is 10.1. The zero-order chi connectivity index (χ0) is 24.4. The maximum atomic E-state index is 13.0. The number of imide groups is 1. The fraction of sp³-hybridized carbons (Fsp3) is 0.0370. The summed E-state index contributed by atoms with van der Waals surface area (Å²) in [5.74, 6) is -0.446. The van der Waals surface area contributed by atoms with Crippen molar-refractivity contribution in [1.29, 1.82) is 0 Å². The summed E-state index contributed by atoms with van der Waals surface area (Å²) < 4.78 is 0. The Kier molecular flexibility index (Phi) is 6.35. The van der Waals surface area contributed by atoms with Crippen molar-refractivity contribution in [2.75, 3.05) is 0 Å². The van der Waals surface area contributed by atoms with E-state index in [-0.39, 0.29) is 22.4 Å². The Hall–Kier alpha value is -3.94. The van der Waals surface area contributed by atoms with Crippen LogP contribution in [0.1, 0.15) is 11.1 Å². The van der Waals surface area contributed by atoms with Gasteiger partial charge in [-0.05, 0) is 70.6 Å². The number of halogens is 1. The third-order valence-electron chi connectivity index (χ3n) is 5.45. The van der Waals surface area contributed by atoms with Gasteiger partial charge in [-0.15, -0.1) is 5.11 Å². The number of hydrogen-bond donors (Lipinski definition) is 1. The first-order chi connectivity index (χ1) is 17.0. The topological polar surface area (TPSA) is 82.3 Å². The van der Waals surface area contributed by atoms with E-state index in [1.54, 1.807) is 36.4 Å². The smallest absolute Gasteiger partial charge is 0.293 e. The van der Waals surface area contributed by atoms with Gasteiger partial charge in [-0.3, -0.25) is 14.5 Å². The number of thioether (sulfide) groups is 1. The van der Waals surface area contributed by atoms with E-state index >= 15 is 0 Å². The van der Waals surface area contributed by atoms with Crippen molar-refractivity contribution >= 4 is 62.7 Å². The second kappa shape index (κ2) is 9.74. The number of phenolic OH excluding ortho intramolecular Hbond substituents is 1. The number of benzene rings is 4. The zero-order valence-corrected chi connectivity index (χ0v) is 19.8. The third kappa shape index (κ3) is 4.96. The summed E-state index contributed by atoms with van der Waals surface area (Å²) in [6, 6.07) is 25.5. The molecule has 6 nitrogen and oxygen atoms in total. The number of phenols is 1. The normalized spacial score (nSPS) is 15.1. The molecule has 0 aliphatic carbocycles. The van der Waals surface area contributed by atoms with Gasteiger partial charge in [0, 0.05) is 5.56 Å². The Labute approximate surface area is 210 Å². The summed E-state index contributed by atoms with van der Waals surface area (Å²) in [4.78, 5) is 27.1. The number of rotatable bonds is 5. The molecule has 1 N–H and O–H groups in total. The molecule has 1 fully saturated rings. The Morgan fingerprint density at radius 1 is 0.886 bits per heavy atom. The van der Waals surface area contributed by atoms with Gasteiger partial charge in [-0.2, -0.15) is 5.11 Å². The lowest BCUT2D eigenvalue weighted by molar-refractivity contribution is -0.123. The highest BCUT2D eigenvalue weighted by Gasteiger charge is 2.35. The first kappa shape index (κ1) is 22.8. The monoisotopic (exact) mass is 499 g/mol. The van der Waals surface area contributed by atoms with Crippen molar-refractivity contribution in [3.63, 3.8) is 0 Å². The molecule has 2 amide bonds. The van der Waals surface area contributed by atoms with Crippen LogP contribution in [0, 0.1) is 0 Å². The van der Waals surface area contributed by atoms with E-state index in [1.807, 2.05) is 42.5 Å². The maximum Gasteiger partial charge on any atom is 0.293 e. The zero-order valence-electron chi connectivity index (χ0n) is 18.3. The predicted octanol–water partition coefficient (Wildman–Crippen LogP) is 7.85. The molecule has 0 aromatic heterocycles. The highest BCUT2D eigenvalue weighted by Crippen LogP contribution is 2.36. The van der Waals surface area contributed by atoms with Crippen molar-refractivity contribution < 1.29 is 14.7 Å². The van der Waals surface area contributed by atoms with Crippen LogP contribution in [-0.4, -0.2) is 21.2 Å². The van der Waals surface area contributed by atoms with E-state index in [1.165, 1.54) is 17.0 Å². The predicted molar refractivity (Wildman–Crippen MR) is 139 cm³/mol. The molecule has 35 heavy (non-hydrogen) atoms. The molecule has 1 saturated heterocycles. The molecule has 1 aliphatic heterocycles. The van der Waals surface area contributed by atoms with Gasteiger partial charge in [0.1, 0.15) is 11.4 Å². The summed E-state index contributed by atoms with van der Waals surface area (Å²) in [6.07, 6.45) is 1.50. The van der Waals surface area contributed by atoms with Crippen molar-refractivity contribution in [3.8, 4) is 5.75 Å². The molecule has 8 heteroatoms. The van der Waals surface area contributed by atoms with Crippen LogP contribution >= 0.6 is 23.4 Å². The molecule has 5 rings (SSSR count). The molecular weight excluding hydrogens is 482 g/mol. The van der Waals surface area contributed by atoms with Crippen LogP contribution in [-0.2, 0) is 11.3 Å². The van der Waals surface area contributed by atoms with Crippen LogP contribution in [0.5, 0.6) is 5.75 Å². The second-order valence-electron chi connectivity index (χ2n) is 7.84. The van der Waals surface area contributed by atoms with E-state index < -0.39 is 5.91 Å². The largest absolute Gasteiger partial charge is 0.507 e. The van der Waals surface area contributed by atoms with Gasteiger partial charge in [-0.25, -0.2) is 0 Å². The van der Waals surface area contributed by atoms with E-state index in [4.69, 9.17) is 11.6 Å². The highest BCUT2D eigenvalue weighted by molar-refractivity contribution is 8.18. The first-order valence-electron chi connectivity index (χ1n) is 10.7. The molecule has 0 unspecified atom stereocenters. The number of amides is 2. The van der Waals surface area contributed by atoms with Crippen LogP contribution in [0.25, 0.3) is 16.8 Å². The SMILES string of the molecule is O=C1S/C(=C\c2cc(N=Nc3ccccc3Cl)ccc2O)C(=O)N1Cc1ccc2ccccc2c1. The number of azo groups is 1.